The topological polar surface area (TPSA) is 57.4 Å². The van der Waals surface area contributed by atoms with Crippen LogP contribution >= 0.6 is 11.6 Å². The van der Waals surface area contributed by atoms with Gasteiger partial charge in [0.05, 0.1) is 14.2 Å². The summed E-state index contributed by atoms with van der Waals surface area (Å²) >= 11 is 5.87. The third-order valence-corrected chi connectivity index (χ3v) is 3.40. The van der Waals surface area contributed by atoms with Crippen molar-refractivity contribution in [3.63, 3.8) is 0 Å². The molecule has 0 spiro atoms. The van der Waals surface area contributed by atoms with E-state index in [1.807, 2.05) is 18.2 Å². The average Bonchev–Trinajstić information content (AvgIpc) is 3.05. The zero-order chi connectivity index (χ0) is 15.5. The second-order valence-electron chi connectivity index (χ2n) is 4.49. The van der Waals surface area contributed by atoms with E-state index in [0.29, 0.717) is 28.3 Å². The Kier molecular flexibility index (Phi) is 3.98. The Morgan fingerprint density at radius 3 is 2.05 bits per heavy atom. The Labute approximate surface area is 132 Å². The summed E-state index contributed by atoms with van der Waals surface area (Å²) in [6.45, 7) is 0. The van der Waals surface area contributed by atoms with Crippen LogP contribution in [0.5, 0.6) is 11.5 Å². The Bertz CT molecular complexity index is 784. The summed E-state index contributed by atoms with van der Waals surface area (Å²) in [4.78, 5) is 0. The first-order chi connectivity index (χ1) is 10.7. The van der Waals surface area contributed by atoms with E-state index < -0.39 is 0 Å². The first-order valence-corrected chi connectivity index (χ1v) is 6.91. The highest BCUT2D eigenvalue weighted by Crippen LogP contribution is 2.32. The molecule has 0 fully saturated rings. The summed E-state index contributed by atoms with van der Waals surface area (Å²) in [5.41, 5.74) is 1.56. The molecule has 5 nitrogen and oxygen atoms in total. The predicted octanol–water partition coefficient (Wildman–Crippen LogP) is 4.07. The third kappa shape index (κ3) is 2.76. The number of rotatable bonds is 4. The van der Waals surface area contributed by atoms with Crippen LogP contribution in [0.3, 0.4) is 0 Å². The summed E-state index contributed by atoms with van der Waals surface area (Å²) in [6.07, 6.45) is 0. The van der Waals surface area contributed by atoms with Gasteiger partial charge in [-0.05, 0) is 42.5 Å². The van der Waals surface area contributed by atoms with Crippen molar-refractivity contribution in [2.45, 2.75) is 0 Å². The number of benzene rings is 2. The van der Waals surface area contributed by atoms with Crippen LogP contribution in [0.15, 0.2) is 46.9 Å². The molecule has 2 aromatic carbocycles. The molecule has 0 bridgehead atoms. The van der Waals surface area contributed by atoms with E-state index in [9.17, 15) is 0 Å². The average molecular weight is 317 g/mol. The second kappa shape index (κ2) is 6.07. The lowest BCUT2D eigenvalue weighted by molar-refractivity contribution is 0.355. The summed E-state index contributed by atoms with van der Waals surface area (Å²) in [6, 6.07) is 12.6. The number of methoxy groups -OCH3 is 2. The van der Waals surface area contributed by atoms with Gasteiger partial charge < -0.3 is 13.9 Å². The van der Waals surface area contributed by atoms with Gasteiger partial charge in [-0.2, -0.15) is 0 Å². The second-order valence-corrected chi connectivity index (χ2v) is 4.93. The molecule has 22 heavy (non-hydrogen) atoms. The van der Waals surface area contributed by atoms with Crippen LogP contribution in [0.1, 0.15) is 0 Å². The summed E-state index contributed by atoms with van der Waals surface area (Å²) in [5, 5.41) is 8.78. The Morgan fingerprint density at radius 2 is 1.41 bits per heavy atom. The van der Waals surface area contributed by atoms with Crippen molar-refractivity contribution in [2.75, 3.05) is 14.2 Å². The lowest BCUT2D eigenvalue weighted by atomic mass is 10.2. The van der Waals surface area contributed by atoms with Gasteiger partial charge in [-0.3, -0.25) is 0 Å². The van der Waals surface area contributed by atoms with Gasteiger partial charge in [-0.15, -0.1) is 10.2 Å². The van der Waals surface area contributed by atoms with Gasteiger partial charge in [-0.25, -0.2) is 0 Å². The van der Waals surface area contributed by atoms with Gasteiger partial charge in [0.1, 0.15) is 0 Å². The van der Waals surface area contributed by atoms with Gasteiger partial charge in [0.15, 0.2) is 11.5 Å². The van der Waals surface area contributed by atoms with E-state index in [0.717, 1.165) is 11.1 Å². The summed E-state index contributed by atoms with van der Waals surface area (Å²) < 4.78 is 16.2. The molecule has 0 saturated heterocycles. The number of hydrogen-bond acceptors (Lipinski definition) is 5. The molecular weight excluding hydrogens is 304 g/mol. The van der Waals surface area contributed by atoms with Crippen molar-refractivity contribution in [3.05, 3.63) is 47.5 Å². The maximum absolute atomic E-state index is 5.87. The number of halogens is 1. The largest absolute Gasteiger partial charge is 0.493 e. The normalized spacial score (nSPS) is 10.5. The number of nitrogens with zero attached hydrogens (tertiary/aromatic N) is 2. The zero-order valence-electron chi connectivity index (χ0n) is 12.0. The molecule has 0 N–H and O–H groups in total. The van der Waals surface area contributed by atoms with E-state index >= 15 is 0 Å². The molecule has 0 aliphatic carbocycles. The smallest absolute Gasteiger partial charge is 0.248 e. The highest BCUT2D eigenvalue weighted by molar-refractivity contribution is 6.30. The SMILES string of the molecule is COc1ccc(-c2nnc(-c3ccc(Cl)cc3)o2)cc1OC. The van der Waals surface area contributed by atoms with Crippen LogP contribution in [-0.2, 0) is 0 Å². The fourth-order valence-electron chi connectivity index (χ4n) is 2.02. The van der Waals surface area contributed by atoms with Crippen LogP contribution in [-0.4, -0.2) is 24.4 Å². The van der Waals surface area contributed by atoms with E-state index in [4.69, 9.17) is 25.5 Å². The predicted molar refractivity (Wildman–Crippen MR) is 83.3 cm³/mol. The van der Waals surface area contributed by atoms with Gasteiger partial charge in [0.25, 0.3) is 0 Å². The molecule has 3 aromatic rings. The fraction of sp³-hybridized carbons (Fsp3) is 0.125. The lowest BCUT2D eigenvalue weighted by Crippen LogP contribution is -1.90. The molecule has 6 heteroatoms. The van der Waals surface area contributed by atoms with Crippen molar-refractivity contribution in [3.8, 4) is 34.4 Å². The minimum absolute atomic E-state index is 0.408. The molecule has 112 valence electrons. The molecule has 0 aliphatic heterocycles. The standard InChI is InChI=1S/C16H13ClN2O3/c1-20-13-8-5-11(9-14(13)21-2)16-19-18-15(22-16)10-3-6-12(17)7-4-10/h3-9H,1-2H3. The maximum atomic E-state index is 5.87. The molecular formula is C16H13ClN2O3. The molecule has 0 atom stereocenters. The minimum Gasteiger partial charge on any atom is -0.493 e. The maximum Gasteiger partial charge on any atom is 0.248 e. The quantitative estimate of drug-likeness (QED) is 0.726. The molecule has 0 unspecified atom stereocenters. The first kappa shape index (κ1) is 14.4. The first-order valence-electron chi connectivity index (χ1n) is 6.53. The molecule has 0 aliphatic rings. The Balaban J connectivity index is 1.95. The minimum atomic E-state index is 0.408. The van der Waals surface area contributed by atoms with Crippen LogP contribution in [0.25, 0.3) is 22.9 Å². The number of hydrogen-bond donors (Lipinski definition) is 0. The molecule has 0 radical (unpaired) electrons. The Hall–Kier alpha value is -2.53. The van der Waals surface area contributed by atoms with Crippen molar-refractivity contribution in [2.24, 2.45) is 0 Å². The van der Waals surface area contributed by atoms with E-state index in [1.165, 1.54) is 0 Å². The van der Waals surface area contributed by atoms with Crippen LogP contribution < -0.4 is 9.47 Å². The monoisotopic (exact) mass is 316 g/mol. The van der Waals surface area contributed by atoms with Crippen LogP contribution in [0.4, 0.5) is 0 Å². The molecule has 1 aromatic heterocycles. The Morgan fingerprint density at radius 1 is 0.818 bits per heavy atom. The van der Waals surface area contributed by atoms with Crippen LogP contribution in [0.2, 0.25) is 5.02 Å². The van der Waals surface area contributed by atoms with Crippen molar-refractivity contribution < 1.29 is 13.9 Å². The summed E-state index contributed by atoms with van der Waals surface area (Å²) in [5.74, 6) is 2.09. The van der Waals surface area contributed by atoms with Gasteiger partial charge in [-0.1, -0.05) is 11.6 Å². The van der Waals surface area contributed by atoms with Gasteiger partial charge in [0.2, 0.25) is 11.8 Å². The molecule has 0 saturated carbocycles. The van der Waals surface area contributed by atoms with Gasteiger partial charge in [0, 0.05) is 16.1 Å². The van der Waals surface area contributed by atoms with Crippen LogP contribution in [0, 0.1) is 0 Å². The van der Waals surface area contributed by atoms with E-state index in [-0.39, 0.29) is 0 Å². The molecule has 0 amide bonds. The van der Waals surface area contributed by atoms with E-state index in [1.54, 1.807) is 38.5 Å². The van der Waals surface area contributed by atoms with Gasteiger partial charge >= 0.3 is 0 Å². The van der Waals surface area contributed by atoms with Crippen molar-refractivity contribution in [1.29, 1.82) is 0 Å². The zero-order valence-corrected chi connectivity index (χ0v) is 12.8. The van der Waals surface area contributed by atoms with Crippen molar-refractivity contribution >= 4 is 11.6 Å². The molecule has 1 heterocycles. The summed E-state index contributed by atoms with van der Waals surface area (Å²) in [7, 11) is 3.16. The third-order valence-electron chi connectivity index (χ3n) is 3.15. The highest BCUT2D eigenvalue weighted by atomic mass is 35.5. The molecule has 3 rings (SSSR count). The number of ether oxygens (including phenoxy) is 2. The van der Waals surface area contributed by atoms with E-state index in [2.05, 4.69) is 10.2 Å². The number of aromatic nitrogens is 2. The fourth-order valence-corrected chi connectivity index (χ4v) is 2.14. The highest BCUT2D eigenvalue weighted by Gasteiger charge is 2.13. The lowest BCUT2D eigenvalue weighted by Gasteiger charge is -2.07. The van der Waals surface area contributed by atoms with Crippen molar-refractivity contribution in [1.82, 2.24) is 10.2 Å².